The van der Waals surface area contributed by atoms with Crippen molar-refractivity contribution in [3.63, 3.8) is 0 Å². The zero-order valence-electron chi connectivity index (χ0n) is 14.3. The van der Waals surface area contributed by atoms with Crippen LogP contribution in [-0.4, -0.2) is 38.9 Å². The first-order chi connectivity index (χ1) is 11.3. The van der Waals surface area contributed by atoms with Crippen LogP contribution in [0.4, 0.5) is 0 Å². The second-order valence-electron chi connectivity index (χ2n) is 6.74. The van der Waals surface area contributed by atoms with Gasteiger partial charge in [0.25, 0.3) is 0 Å². The number of nitrogens with zero attached hydrogens (tertiary/aromatic N) is 1. The number of nitrogens with one attached hydrogen (secondary N) is 1. The lowest BCUT2D eigenvalue weighted by Crippen LogP contribution is -2.48. The monoisotopic (exact) mass is 330 g/mol. The number of carbonyl (C=O) groups is 1. The van der Waals surface area contributed by atoms with Gasteiger partial charge in [-0.3, -0.25) is 9.89 Å². The second kappa shape index (κ2) is 5.63. The standard InChI is InChI=1S/C18H22N2O4/c1-9-15-12(20-19-9)8-18(3,23)17(10(2)21)16(15)11-5-6-13(22)14(7-11)24-4/h5-7,16-17,22-23H,8H2,1-4H3,(H,19,20). The number of phenolic OH excluding ortho intramolecular Hbond substituents is 1. The van der Waals surface area contributed by atoms with Crippen molar-refractivity contribution in [2.24, 2.45) is 5.92 Å². The van der Waals surface area contributed by atoms with Crippen LogP contribution < -0.4 is 4.74 Å². The van der Waals surface area contributed by atoms with Gasteiger partial charge in [-0.05, 0) is 38.5 Å². The minimum absolute atomic E-state index is 0.0346. The van der Waals surface area contributed by atoms with Gasteiger partial charge < -0.3 is 14.9 Å². The van der Waals surface area contributed by atoms with E-state index in [2.05, 4.69) is 10.2 Å². The molecule has 128 valence electrons. The van der Waals surface area contributed by atoms with Crippen LogP contribution in [0, 0.1) is 12.8 Å². The fourth-order valence-electron chi connectivity index (χ4n) is 3.93. The Morgan fingerprint density at radius 1 is 1.46 bits per heavy atom. The summed E-state index contributed by atoms with van der Waals surface area (Å²) in [4.78, 5) is 12.4. The van der Waals surface area contributed by atoms with Gasteiger partial charge in [0.1, 0.15) is 5.78 Å². The Balaban J connectivity index is 2.24. The molecule has 0 bridgehead atoms. The highest BCUT2D eigenvalue weighted by Gasteiger charge is 2.48. The number of methoxy groups -OCH3 is 1. The van der Waals surface area contributed by atoms with Gasteiger partial charge in [0.15, 0.2) is 11.5 Å². The predicted octanol–water partition coefficient (Wildman–Crippen LogP) is 2.08. The smallest absolute Gasteiger partial charge is 0.160 e. The molecular weight excluding hydrogens is 308 g/mol. The van der Waals surface area contributed by atoms with Crippen molar-refractivity contribution in [3.8, 4) is 11.5 Å². The molecule has 0 saturated carbocycles. The summed E-state index contributed by atoms with van der Waals surface area (Å²) in [6.45, 7) is 5.09. The molecule has 1 aromatic heterocycles. The highest BCUT2D eigenvalue weighted by Crippen LogP contribution is 2.47. The van der Waals surface area contributed by atoms with Crippen LogP contribution in [0.5, 0.6) is 11.5 Å². The number of hydrogen-bond donors (Lipinski definition) is 3. The zero-order valence-corrected chi connectivity index (χ0v) is 14.3. The summed E-state index contributed by atoms with van der Waals surface area (Å²) < 4.78 is 5.20. The molecule has 3 N–H and O–H groups in total. The maximum atomic E-state index is 12.4. The molecule has 3 unspecified atom stereocenters. The largest absolute Gasteiger partial charge is 0.504 e. The van der Waals surface area contributed by atoms with E-state index in [0.717, 1.165) is 22.5 Å². The number of ketones is 1. The lowest BCUT2D eigenvalue weighted by Gasteiger charge is -2.41. The van der Waals surface area contributed by atoms with Crippen LogP contribution in [0.2, 0.25) is 0 Å². The minimum atomic E-state index is -1.20. The molecule has 6 heteroatoms. The Kier molecular flexibility index (Phi) is 3.87. The van der Waals surface area contributed by atoms with Gasteiger partial charge in [-0.2, -0.15) is 5.10 Å². The molecule has 1 aliphatic rings. The molecule has 0 saturated heterocycles. The number of carbonyl (C=O) groups excluding carboxylic acids is 1. The number of hydrogen-bond acceptors (Lipinski definition) is 5. The Bertz CT molecular complexity index is 794. The van der Waals surface area contributed by atoms with Crippen molar-refractivity contribution in [3.05, 3.63) is 40.7 Å². The van der Waals surface area contributed by atoms with Crippen LogP contribution >= 0.6 is 0 Å². The number of fused-ring (bicyclic) bond motifs is 1. The Labute approximate surface area is 140 Å². The molecule has 1 aromatic carbocycles. The fraction of sp³-hybridized carbons (Fsp3) is 0.444. The number of phenols is 1. The van der Waals surface area contributed by atoms with Crippen molar-refractivity contribution >= 4 is 5.78 Å². The summed E-state index contributed by atoms with van der Waals surface area (Å²) in [7, 11) is 1.48. The summed E-state index contributed by atoms with van der Waals surface area (Å²) in [5, 5.41) is 28.0. The first kappa shape index (κ1) is 16.5. The molecule has 1 aliphatic carbocycles. The number of aryl methyl sites for hydroxylation is 1. The molecule has 0 amide bonds. The maximum Gasteiger partial charge on any atom is 0.160 e. The second-order valence-corrected chi connectivity index (χ2v) is 6.74. The number of Topliss-reactive ketones (excluding diaryl/α,β-unsaturated/α-hetero) is 1. The number of rotatable bonds is 3. The fourth-order valence-corrected chi connectivity index (χ4v) is 3.93. The molecule has 0 radical (unpaired) electrons. The SMILES string of the molecule is COc1cc(C2c3c(n[nH]c3C)CC(C)(O)C2C(C)=O)ccc1O. The molecule has 24 heavy (non-hydrogen) atoms. The molecule has 0 aliphatic heterocycles. The summed E-state index contributed by atoms with van der Waals surface area (Å²) in [5.74, 6) is -0.664. The van der Waals surface area contributed by atoms with Crippen LogP contribution in [0.1, 0.15) is 42.3 Å². The Hall–Kier alpha value is -2.34. The Morgan fingerprint density at radius 2 is 2.17 bits per heavy atom. The number of aromatic nitrogens is 2. The highest BCUT2D eigenvalue weighted by molar-refractivity contribution is 5.82. The number of aromatic hydroxyl groups is 1. The molecule has 3 atom stereocenters. The number of H-pyrrole nitrogens is 1. The van der Waals surface area contributed by atoms with Crippen LogP contribution in [-0.2, 0) is 11.2 Å². The highest BCUT2D eigenvalue weighted by atomic mass is 16.5. The average Bonchev–Trinajstić information content (AvgIpc) is 2.85. The summed E-state index contributed by atoms with van der Waals surface area (Å²) in [5.41, 5.74) is 2.19. The number of benzene rings is 1. The lowest BCUT2D eigenvalue weighted by atomic mass is 9.64. The van der Waals surface area contributed by atoms with Gasteiger partial charge in [0, 0.05) is 23.6 Å². The van der Waals surface area contributed by atoms with E-state index in [1.165, 1.54) is 14.0 Å². The van der Waals surface area contributed by atoms with E-state index in [1.807, 2.05) is 6.92 Å². The molecular formula is C18H22N2O4. The lowest BCUT2D eigenvalue weighted by molar-refractivity contribution is -0.130. The maximum absolute atomic E-state index is 12.4. The third kappa shape index (κ3) is 2.47. The van der Waals surface area contributed by atoms with Gasteiger partial charge in [-0.15, -0.1) is 0 Å². The zero-order chi connectivity index (χ0) is 17.6. The van der Waals surface area contributed by atoms with E-state index >= 15 is 0 Å². The van der Waals surface area contributed by atoms with Crippen molar-refractivity contribution in [2.75, 3.05) is 7.11 Å². The van der Waals surface area contributed by atoms with Crippen LogP contribution in [0.25, 0.3) is 0 Å². The molecule has 2 aromatic rings. The minimum Gasteiger partial charge on any atom is -0.504 e. The van der Waals surface area contributed by atoms with Crippen molar-refractivity contribution in [1.82, 2.24) is 10.2 Å². The van der Waals surface area contributed by atoms with Gasteiger partial charge in [-0.1, -0.05) is 6.07 Å². The van der Waals surface area contributed by atoms with E-state index < -0.39 is 11.5 Å². The van der Waals surface area contributed by atoms with Gasteiger partial charge in [-0.25, -0.2) is 0 Å². The normalized spacial score (nSPS) is 26.0. The summed E-state index contributed by atoms with van der Waals surface area (Å²) >= 11 is 0. The van der Waals surface area contributed by atoms with Crippen molar-refractivity contribution in [1.29, 1.82) is 0 Å². The van der Waals surface area contributed by atoms with Gasteiger partial charge >= 0.3 is 0 Å². The van der Waals surface area contributed by atoms with E-state index in [0.29, 0.717) is 12.2 Å². The molecule has 6 nitrogen and oxygen atoms in total. The van der Waals surface area contributed by atoms with Gasteiger partial charge in [0.05, 0.1) is 24.3 Å². The third-order valence-corrected chi connectivity index (χ3v) is 4.91. The van der Waals surface area contributed by atoms with E-state index in [-0.39, 0.29) is 17.5 Å². The number of ether oxygens (including phenoxy) is 1. The van der Waals surface area contributed by atoms with Gasteiger partial charge in [0.2, 0.25) is 0 Å². The molecule has 1 heterocycles. The third-order valence-electron chi connectivity index (χ3n) is 4.91. The first-order valence-electron chi connectivity index (χ1n) is 7.89. The average molecular weight is 330 g/mol. The Morgan fingerprint density at radius 3 is 2.79 bits per heavy atom. The van der Waals surface area contributed by atoms with Crippen molar-refractivity contribution in [2.45, 2.75) is 38.7 Å². The van der Waals surface area contributed by atoms with E-state index in [1.54, 1.807) is 25.1 Å². The van der Waals surface area contributed by atoms with E-state index in [9.17, 15) is 15.0 Å². The molecule has 0 fully saturated rings. The molecule has 3 rings (SSSR count). The first-order valence-corrected chi connectivity index (χ1v) is 7.89. The van der Waals surface area contributed by atoms with Crippen molar-refractivity contribution < 1.29 is 19.7 Å². The summed E-state index contributed by atoms with van der Waals surface area (Å²) in [6.07, 6.45) is 0.322. The predicted molar refractivity (Wildman–Crippen MR) is 88.3 cm³/mol. The topological polar surface area (TPSA) is 95.4 Å². The number of aliphatic hydroxyl groups is 1. The summed E-state index contributed by atoms with van der Waals surface area (Å²) in [6, 6.07) is 5.02. The molecule has 0 spiro atoms. The van der Waals surface area contributed by atoms with Crippen LogP contribution in [0.3, 0.4) is 0 Å². The number of aromatic amines is 1. The van der Waals surface area contributed by atoms with E-state index in [4.69, 9.17) is 4.74 Å². The quantitative estimate of drug-likeness (QED) is 0.801. The van der Waals surface area contributed by atoms with Crippen LogP contribution in [0.15, 0.2) is 18.2 Å².